The molecule has 0 N–H and O–H groups in total. The largest absolute Gasteiger partial charge is 0.381 e. The van der Waals surface area contributed by atoms with E-state index in [4.69, 9.17) is 14.2 Å². The lowest BCUT2D eigenvalue weighted by Crippen LogP contribution is -2.26. The van der Waals surface area contributed by atoms with E-state index in [0.29, 0.717) is 30.0 Å². The van der Waals surface area contributed by atoms with Crippen molar-refractivity contribution in [3.05, 3.63) is 0 Å². The molecule has 0 aromatic rings. The highest BCUT2D eigenvalue weighted by atomic mass is 16.6. The second-order valence-corrected chi connectivity index (χ2v) is 8.55. The van der Waals surface area contributed by atoms with Gasteiger partial charge in [-0.2, -0.15) is 0 Å². The first kappa shape index (κ1) is 15.8. The quantitative estimate of drug-likeness (QED) is 0.670. The number of fused-ring (bicyclic) bond motifs is 1. The third kappa shape index (κ3) is 3.62. The molecule has 2 heterocycles. The van der Waals surface area contributed by atoms with Crippen LogP contribution in [0.3, 0.4) is 0 Å². The Morgan fingerprint density at radius 3 is 2.48 bits per heavy atom. The Hall–Kier alpha value is -0.120. The van der Waals surface area contributed by atoms with Crippen molar-refractivity contribution in [2.75, 3.05) is 13.2 Å². The molecule has 1 aliphatic carbocycles. The minimum Gasteiger partial charge on any atom is -0.381 e. The lowest BCUT2D eigenvalue weighted by Gasteiger charge is -2.25. The highest BCUT2D eigenvalue weighted by molar-refractivity contribution is 5.03. The van der Waals surface area contributed by atoms with E-state index in [0.717, 1.165) is 19.6 Å². The summed E-state index contributed by atoms with van der Waals surface area (Å²) in [5.74, 6) is 1.97. The molecule has 0 bridgehead atoms. The van der Waals surface area contributed by atoms with Crippen molar-refractivity contribution in [2.24, 2.45) is 17.8 Å². The van der Waals surface area contributed by atoms with E-state index in [1.807, 2.05) is 0 Å². The predicted molar refractivity (Wildman–Crippen MR) is 83.3 cm³/mol. The summed E-state index contributed by atoms with van der Waals surface area (Å²) in [4.78, 5) is 0. The Labute approximate surface area is 129 Å². The van der Waals surface area contributed by atoms with Gasteiger partial charge in [-0.3, -0.25) is 0 Å². The number of hydrogen-bond acceptors (Lipinski definition) is 3. The van der Waals surface area contributed by atoms with Gasteiger partial charge in [0.05, 0.1) is 23.4 Å². The van der Waals surface area contributed by atoms with Crippen molar-refractivity contribution in [1.82, 2.24) is 0 Å². The minimum atomic E-state index is 0.101. The van der Waals surface area contributed by atoms with Crippen LogP contribution in [0.25, 0.3) is 0 Å². The summed E-state index contributed by atoms with van der Waals surface area (Å²) in [5.41, 5.74) is 0.330. The van der Waals surface area contributed by atoms with Crippen molar-refractivity contribution >= 4 is 0 Å². The standard InChI is InChI=1S/C18H32O3/c1-12(2)14(9-15-17(3,4)20-15)11-19-10-13-6-7-18(5)16(8-13)21-18/h12-16H,6-11H2,1-5H3. The molecule has 122 valence electrons. The molecule has 3 rings (SSSR count). The molecule has 5 atom stereocenters. The van der Waals surface area contributed by atoms with E-state index >= 15 is 0 Å². The maximum absolute atomic E-state index is 6.08. The lowest BCUT2D eigenvalue weighted by molar-refractivity contribution is 0.0445. The molecule has 3 nitrogen and oxygen atoms in total. The van der Waals surface area contributed by atoms with Crippen LogP contribution in [0.1, 0.15) is 60.3 Å². The third-order valence-electron chi connectivity index (χ3n) is 5.94. The van der Waals surface area contributed by atoms with E-state index in [9.17, 15) is 0 Å². The van der Waals surface area contributed by atoms with Crippen molar-refractivity contribution in [2.45, 2.75) is 83.7 Å². The fraction of sp³-hybridized carbons (Fsp3) is 1.00. The maximum Gasteiger partial charge on any atom is 0.0920 e. The fourth-order valence-corrected chi connectivity index (χ4v) is 3.73. The van der Waals surface area contributed by atoms with Crippen LogP contribution >= 0.6 is 0 Å². The third-order valence-corrected chi connectivity index (χ3v) is 5.94. The number of hydrogen-bond donors (Lipinski definition) is 0. The van der Waals surface area contributed by atoms with Crippen molar-refractivity contribution < 1.29 is 14.2 Å². The van der Waals surface area contributed by atoms with Crippen molar-refractivity contribution in [1.29, 1.82) is 0 Å². The fourth-order valence-electron chi connectivity index (χ4n) is 3.73. The molecular weight excluding hydrogens is 264 g/mol. The summed E-state index contributed by atoms with van der Waals surface area (Å²) in [6.07, 6.45) is 5.76. The first-order valence-corrected chi connectivity index (χ1v) is 8.73. The van der Waals surface area contributed by atoms with Crippen LogP contribution < -0.4 is 0 Å². The first-order chi connectivity index (χ1) is 9.80. The van der Waals surface area contributed by atoms with Gasteiger partial charge in [-0.15, -0.1) is 0 Å². The highest BCUT2D eigenvalue weighted by Gasteiger charge is 2.55. The molecule has 2 aliphatic heterocycles. The van der Waals surface area contributed by atoms with Crippen LogP contribution in [-0.2, 0) is 14.2 Å². The second kappa shape index (κ2) is 5.50. The van der Waals surface area contributed by atoms with E-state index < -0.39 is 0 Å². The van der Waals surface area contributed by atoms with Crippen LogP contribution in [-0.4, -0.2) is 36.6 Å². The van der Waals surface area contributed by atoms with E-state index in [-0.39, 0.29) is 11.2 Å². The van der Waals surface area contributed by atoms with E-state index in [2.05, 4.69) is 34.6 Å². The first-order valence-electron chi connectivity index (χ1n) is 8.73. The molecule has 3 heteroatoms. The average molecular weight is 296 g/mol. The monoisotopic (exact) mass is 296 g/mol. The molecule has 0 aromatic heterocycles. The normalized spacial score (nSPS) is 41.7. The molecule has 0 spiro atoms. The molecule has 0 radical (unpaired) electrons. The molecule has 3 fully saturated rings. The zero-order valence-electron chi connectivity index (χ0n) is 14.4. The summed E-state index contributed by atoms with van der Waals surface area (Å²) in [7, 11) is 0. The summed E-state index contributed by atoms with van der Waals surface area (Å²) >= 11 is 0. The molecule has 3 aliphatic rings. The summed E-state index contributed by atoms with van der Waals surface area (Å²) in [6, 6.07) is 0. The van der Waals surface area contributed by atoms with E-state index in [1.54, 1.807) is 0 Å². The van der Waals surface area contributed by atoms with Crippen LogP contribution in [0, 0.1) is 17.8 Å². The van der Waals surface area contributed by atoms with Crippen LogP contribution in [0.15, 0.2) is 0 Å². The minimum absolute atomic E-state index is 0.101. The highest BCUT2D eigenvalue weighted by Crippen LogP contribution is 2.49. The Morgan fingerprint density at radius 1 is 1.19 bits per heavy atom. The van der Waals surface area contributed by atoms with Gasteiger partial charge in [0.1, 0.15) is 0 Å². The van der Waals surface area contributed by atoms with Gasteiger partial charge in [0.15, 0.2) is 0 Å². The van der Waals surface area contributed by atoms with Gasteiger partial charge in [0.2, 0.25) is 0 Å². The molecule has 0 aromatic carbocycles. The summed E-state index contributed by atoms with van der Waals surface area (Å²) in [6.45, 7) is 13.0. The SMILES string of the molecule is CC(C)C(COCC1CCC2(C)OC2C1)CC1OC1(C)C. The lowest BCUT2D eigenvalue weighted by atomic mass is 9.83. The van der Waals surface area contributed by atoms with Crippen LogP contribution in [0.2, 0.25) is 0 Å². The summed E-state index contributed by atoms with van der Waals surface area (Å²) in [5, 5.41) is 0. The van der Waals surface area contributed by atoms with Gasteiger partial charge in [-0.05, 0) is 64.2 Å². The van der Waals surface area contributed by atoms with E-state index in [1.165, 1.54) is 19.3 Å². The Bertz CT molecular complexity index is 379. The second-order valence-electron chi connectivity index (χ2n) is 8.55. The zero-order valence-corrected chi connectivity index (χ0v) is 14.4. The number of epoxide rings is 2. The predicted octanol–water partition coefficient (Wildman–Crippen LogP) is 3.80. The molecule has 1 saturated carbocycles. The smallest absolute Gasteiger partial charge is 0.0920 e. The zero-order chi connectivity index (χ0) is 15.3. The van der Waals surface area contributed by atoms with Gasteiger partial charge in [0.25, 0.3) is 0 Å². The Morgan fingerprint density at radius 2 is 1.90 bits per heavy atom. The van der Waals surface area contributed by atoms with Crippen molar-refractivity contribution in [3.63, 3.8) is 0 Å². The molecular formula is C18H32O3. The number of rotatable bonds is 7. The summed E-state index contributed by atoms with van der Waals surface area (Å²) < 4.78 is 17.6. The number of ether oxygens (including phenoxy) is 3. The van der Waals surface area contributed by atoms with Gasteiger partial charge in [0, 0.05) is 13.2 Å². The van der Waals surface area contributed by atoms with Gasteiger partial charge in [-0.25, -0.2) is 0 Å². The Kier molecular flexibility index (Phi) is 4.13. The Balaban J connectivity index is 1.37. The van der Waals surface area contributed by atoms with Crippen LogP contribution in [0.4, 0.5) is 0 Å². The van der Waals surface area contributed by atoms with Crippen molar-refractivity contribution in [3.8, 4) is 0 Å². The molecule has 0 amide bonds. The molecule has 21 heavy (non-hydrogen) atoms. The van der Waals surface area contributed by atoms with Gasteiger partial charge in [-0.1, -0.05) is 13.8 Å². The average Bonchev–Trinajstić information content (AvgIpc) is 3.23. The molecule has 5 unspecified atom stereocenters. The van der Waals surface area contributed by atoms with Gasteiger partial charge >= 0.3 is 0 Å². The maximum atomic E-state index is 6.08. The van der Waals surface area contributed by atoms with Crippen LogP contribution in [0.5, 0.6) is 0 Å². The molecule has 2 saturated heterocycles. The topological polar surface area (TPSA) is 34.3 Å². The van der Waals surface area contributed by atoms with Gasteiger partial charge < -0.3 is 14.2 Å².